The molecule has 0 amide bonds. The van der Waals surface area contributed by atoms with Crippen molar-refractivity contribution in [1.82, 2.24) is 14.6 Å². The first kappa shape index (κ1) is 11.2. The topological polar surface area (TPSA) is 39.4 Å². The van der Waals surface area contributed by atoms with Crippen LogP contribution in [0.15, 0.2) is 30.3 Å². The molecule has 4 heteroatoms. The van der Waals surface area contributed by atoms with E-state index >= 15 is 0 Å². The van der Waals surface area contributed by atoms with Crippen LogP contribution in [0.5, 0.6) is 0 Å². The largest absolute Gasteiger partial charge is 0.374 e. The van der Waals surface area contributed by atoms with E-state index in [1.807, 2.05) is 13.0 Å². The summed E-state index contributed by atoms with van der Waals surface area (Å²) in [6.07, 6.45) is 0. The molecule has 0 fully saturated rings. The zero-order valence-electron chi connectivity index (χ0n) is 10.6. The van der Waals surface area contributed by atoms with Crippen molar-refractivity contribution in [3.63, 3.8) is 0 Å². The van der Waals surface area contributed by atoms with Crippen molar-refractivity contribution in [3.05, 3.63) is 41.7 Å². The number of rotatable bonds is 3. The highest BCUT2D eigenvalue weighted by Gasteiger charge is 2.09. The Hall–Kier alpha value is -1.94. The Bertz CT molecular complexity index is 703. The molecule has 1 aromatic carbocycles. The Kier molecular flexibility index (Phi) is 2.72. The van der Waals surface area contributed by atoms with Crippen LogP contribution in [0, 0.1) is 6.92 Å². The number of benzene rings is 1. The Morgan fingerprint density at radius 2 is 2.06 bits per heavy atom. The molecule has 2 heterocycles. The van der Waals surface area contributed by atoms with Crippen molar-refractivity contribution in [2.75, 3.05) is 6.61 Å². The number of ether oxygens (including phenoxy) is 1. The van der Waals surface area contributed by atoms with Gasteiger partial charge in [0, 0.05) is 6.61 Å². The lowest BCUT2D eigenvalue weighted by Gasteiger charge is -2.07. The van der Waals surface area contributed by atoms with Gasteiger partial charge >= 0.3 is 0 Å². The molecule has 0 saturated carbocycles. The first-order valence-corrected chi connectivity index (χ1v) is 6.11. The second kappa shape index (κ2) is 4.38. The van der Waals surface area contributed by atoms with Crippen molar-refractivity contribution in [1.29, 1.82) is 0 Å². The van der Waals surface area contributed by atoms with Gasteiger partial charge in [0.05, 0.1) is 5.52 Å². The van der Waals surface area contributed by atoms with Gasteiger partial charge in [0.1, 0.15) is 6.61 Å². The molecule has 0 N–H and O–H groups in total. The summed E-state index contributed by atoms with van der Waals surface area (Å²) in [7, 11) is 0. The van der Waals surface area contributed by atoms with Crippen LogP contribution in [0.2, 0.25) is 0 Å². The second-order valence-electron chi connectivity index (χ2n) is 4.29. The minimum Gasteiger partial charge on any atom is -0.374 e. The Morgan fingerprint density at radius 3 is 2.89 bits per heavy atom. The lowest BCUT2D eigenvalue weighted by atomic mass is 10.1. The van der Waals surface area contributed by atoms with E-state index in [4.69, 9.17) is 4.74 Å². The molecule has 0 saturated heterocycles. The quantitative estimate of drug-likeness (QED) is 0.707. The van der Waals surface area contributed by atoms with Crippen LogP contribution in [-0.2, 0) is 11.3 Å². The highest BCUT2D eigenvalue weighted by atomic mass is 16.5. The average molecular weight is 241 g/mol. The third-order valence-corrected chi connectivity index (χ3v) is 3.09. The summed E-state index contributed by atoms with van der Waals surface area (Å²) in [4.78, 5) is 0. The zero-order chi connectivity index (χ0) is 12.5. The molecule has 0 bridgehead atoms. The van der Waals surface area contributed by atoms with Gasteiger partial charge in [-0.1, -0.05) is 18.2 Å². The van der Waals surface area contributed by atoms with Gasteiger partial charge in [0.2, 0.25) is 0 Å². The number of hydrogen-bond acceptors (Lipinski definition) is 3. The fourth-order valence-corrected chi connectivity index (χ4v) is 2.25. The number of hydrogen-bond donors (Lipinski definition) is 0. The van der Waals surface area contributed by atoms with E-state index in [1.54, 1.807) is 0 Å². The Morgan fingerprint density at radius 1 is 1.17 bits per heavy atom. The van der Waals surface area contributed by atoms with E-state index < -0.39 is 0 Å². The van der Waals surface area contributed by atoms with Crippen LogP contribution in [0.25, 0.3) is 16.6 Å². The Balaban J connectivity index is 2.33. The molecule has 0 spiro atoms. The molecule has 4 nitrogen and oxygen atoms in total. The number of aromatic nitrogens is 3. The van der Waals surface area contributed by atoms with Gasteiger partial charge in [-0.2, -0.15) is 0 Å². The minimum absolute atomic E-state index is 0.491. The highest BCUT2D eigenvalue weighted by Crippen LogP contribution is 2.21. The molecular weight excluding hydrogens is 226 g/mol. The number of nitrogens with zero attached hydrogens (tertiary/aromatic N) is 3. The predicted octanol–water partition coefficient (Wildman–Crippen LogP) is 2.73. The minimum atomic E-state index is 0.491. The van der Waals surface area contributed by atoms with Crippen LogP contribution >= 0.6 is 0 Å². The summed E-state index contributed by atoms with van der Waals surface area (Å²) in [5.74, 6) is 0.853. The van der Waals surface area contributed by atoms with Gasteiger partial charge in [-0.05, 0) is 36.9 Å². The van der Waals surface area contributed by atoms with Crippen LogP contribution in [-0.4, -0.2) is 21.2 Å². The zero-order valence-corrected chi connectivity index (χ0v) is 10.6. The van der Waals surface area contributed by atoms with Crippen molar-refractivity contribution in [3.8, 4) is 0 Å². The maximum Gasteiger partial charge on any atom is 0.163 e. The average Bonchev–Trinajstić information content (AvgIpc) is 2.79. The molecule has 2 aromatic heterocycles. The maximum absolute atomic E-state index is 5.45. The molecule has 3 rings (SSSR count). The molecule has 0 radical (unpaired) electrons. The number of para-hydroxylation sites is 1. The normalized spacial score (nSPS) is 11.4. The van der Waals surface area contributed by atoms with Crippen LogP contribution in [0.3, 0.4) is 0 Å². The van der Waals surface area contributed by atoms with Crippen molar-refractivity contribution in [2.24, 2.45) is 0 Å². The summed E-state index contributed by atoms with van der Waals surface area (Å²) >= 11 is 0. The summed E-state index contributed by atoms with van der Waals surface area (Å²) in [6.45, 7) is 5.25. The van der Waals surface area contributed by atoms with Gasteiger partial charge in [0.15, 0.2) is 11.5 Å². The summed E-state index contributed by atoms with van der Waals surface area (Å²) < 4.78 is 7.54. The van der Waals surface area contributed by atoms with Crippen LogP contribution in [0.4, 0.5) is 0 Å². The van der Waals surface area contributed by atoms with E-state index in [0.717, 1.165) is 17.0 Å². The third kappa shape index (κ3) is 1.66. The third-order valence-electron chi connectivity index (χ3n) is 3.09. The van der Waals surface area contributed by atoms with Crippen LogP contribution < -0.4 is 0 Å². The van der Waals surface area contributed by atoms with Crippen molar-refractivity contribution >= 4 is 16.6 Å². The van der Waals surface area contributed by atoms with E-state index in [2.05, 4.69) is 45.8 Å². The van der Waals surface area contributed by atoms with Gasteiger partial charge < -0.3 is 4.74 Å². The van der Waals surface area contributed by atoms with Crippen molar-refractivity contribution < 1.29 is 4.74 Å². The molecular formula is C14H15N3O. The van der Waals surface area contributed by atoms with Crippen LogP contribution in [0.1, 0.15) is 18.3 Å². The molecule has 18 heavy (non-hydrogen) atoms. The second-order valence-corrected chi connectivity index (χ2v) is 4.29. The van der Waals surface area contributed by atoms with E-state index in [-0.39, 0.29) is 0 Å². The first-order chi connectivity index (χ1) is 8.81. The number of pyridine rings is 1. The predicted molar refractivity (Wildman–Crippen MR) is 70.6 cm³/mol. The fourth-order valence-electron chi connectivity index (χ4n) is 2.25. The number of aryl methyl sites for hydroxylation is 1. The lowest BCUT2D eigenvalue weighted by Crippen LogP contribution is -2.00. The molecule has 0 aliphatic heterocycles. The SMILES string of the molecule is CCOCc1nnc2ccc3cccc(C)c3n12. The first-order valence-electron chi connectivity index (χ1n) is 6.11. The molecule has 0 atom stereocenters. The van der Waals surface area contributed by atoms with Gasteiger partial charge in [-0.3, -0.25) is 4.40 Å². The van der Waals surface area contributed by atoms with E-state index in [1.165, 1.54) is 10.9 Å². The monoisotopic (exact) mass is 241 g/mol. The highest BCUT2D eigenvalue weighted by molar-refractivity contribution is 5.84. The van der Waals surface area contributed by atoms with Gasteiger partial charge in [0.25, 0.3) is 0 Å². The van der Waals surface area contributed by atoms with Gasteiger partial charge in [-0.15, -0.1) is 10.2 Å². The molecule has 92 valence electrons. The van der Waals surface area contributed by atoms with Gasteiger partial charge in [-0.25, -0.2) is 0 Å². The smallest absolute Gasteiger partial charge is 0.163 e. The Labute approximate surface area is 105 Å². The summed E-state index contributed by atoms with van der Waals surface area (Å²) in [5, 5.41) is 9.60. The van der Waals surface area contributed by atoms with E-state index in [9.17, 15) is 0 Å². The van der Waals surface area contributed by atoms with Crippen molar-refractivity contribution in [2.45, 2.75) is 20.5 Å². The lowest BCUT2D eigenvalue weighted by molar-refractivity contribution is 0.128. The fraction of sp³-hybridized carbons (Fsp3) is 0.286. The van der Waals surface area contributed by atoms with E-state index in [0.29, 0.717) is 13.2 Å². The standard InChI is InChI=1S/C14H15N3O/c1-3-18-9-13-16-15-12-8-7-11-6-4-5-10(2)14(11)17(12)13/h4-8H,3,9H2,1-2H3. The molecule has 0 aliphatic carbocycles. The number of fused-ring (bicyclic) bond motifs is 3. The molecule has 0 aliphatic rings. The summed E-state index contributed by atoms with van der Waals surface area (Å²) in [5.41, 5.74) is 3.25. The molecule has 0 unspecified atom stereocenters. The summed E-state index contributed by atoms with van der Waals surface area (Å²) in [6, 6.07) is 10.3. The maximum atomic E-state index is 5.45. The molecule has 3 aromatic rings.